The monoisotopic (exact) mass is 347 g/mol. The molecule has 2 aromatic carbocycles. The maximum atomic E-state index is 13.0. The lowest BCUT2D eigenvalue weighted by Crippen LogP contribution is -2.01. The predicted octanol–water partition coefficient (Wildman–Crippen LogP) is 4.52. The van der Waals surface area contributed by atoms with Crippen molar-refractivity contribution in [2.24, 2.45) is 0 Å². The van der Waals surface area contributed by atoms with E-state index in [1.807, 2.05) is 18.2 Å². The Morgan fingerprint density at radius 3 is 2.48 bits per heavy atom. The van der Waals surface area contributed by atoms with Gasteiger partial charge in [-0.3, -0.25) is 0 Å². The van der Waals surface area contributed by atoms with Crippen LogP contribution in [0.3, 0.4) is 0 Å². The predicted molar refractivity (Wildman–Crippen MR) is 82.7 cm³/mol. The molecule has 1 aromatic heterocycles. The second-order valence-corrected chi connectivity index (χ2v) is 5.37. The maximum absolute atomic E-state index is 13.0. The van der Waals surface area contributed by atoms with Crippen LogP contribution in [0.1, 0.15) is 10.5 Å². The Balaban J connectivity index is 2.13. The molecule has 0 fully saturated rings. The van der Waals surface area contributed by atoms with Crippen molar-refractivity contribution in [1.29, 1.82) is 0 Å². The molecular formula is C16H11BrFNO2. The Labute approximate surface area is 128 Å². The second kappa shape index (κ2) is 5.33. The minimum absolute atomic E-state index is 0.268. The fraction of sp³-hybridized carbons (Fsp3) is 0.0625. The fourth-order valence-electron chi connectivity index (χ4n) is 2.22. The minimum Gasteiger partial charge on any atom is -0.464 e. The first kappa shape index (κ1) is 13.8. The number of H-pyrrole nitrogens is 1. The van der Waals surface area contributed by atoms with Gasteiger partial charge in [0.25, 0.3) is 0 Å². The summed E-state index contributed by atoms with van der Waals surface area (Å²) in [5.41, 5.74) is 3.06. The lowest BCUT2D eigenvalue weighted by atomic mass is 10.0. The number of methoxy groups -OCH3 is 1. The van der Waals surface area contributed by atoms with Gasteiger partial charge in [-0.25, -0.2) is 9.18 Å². The second-order valence-electron chi connectivity index (χ2n) is 4.57. The van der Waals surface area contributed by atoms with Crippen molar-refractivity contribution in [1.82, 2.24) is 4.98 Å². The van der Waals surface area contributed by atoms with Gasteiger partial charge >= 0.3 is 5.97 Å². The van der Waals surface area contributed by atoms with Gasteiger partial charge in [-0.15, -0.1) is 0 Å². The van der Waals surface area contributed by atoms with Crippen LogP contribution in [-0.4, -0.2) is 18.1 Å². The summed E-state index contributed by atoms with van der Waals surface area (Å²) >= 11 is 3.42. The number of fused-ring (bicyclic) bond motifs is 1. The third-order valence-corrected chi connectivity index (χ3v) is 4.13. The zero-order valence-corrected chi connectivity index (χ0v) is 12.7. The molecule has 0 amide bonds. The summed E-state index contributed by atoms with van der Waals surface area (Å²) in [5, 5.41) is 0.872. The molecule has 1 heterocycles. The van der Waals surface area contributed by atoms with E-state index in [4.69, 9.17) is 4.74 Å². The van der Waals surface area contributed by atoms with E-state index in [-0.39, 0.29) is 5.82 Å². The number of esters is 1. The molecule has 0 saturated carbocycles. The number of nitrogens with one attached hydrogen (secondary N) is 1. The summed E-state index contributed by atoms with van der Waals surface area (Å²) in [4.78, 5) is 14.7. The van der Waals surface area contributed by atoms with E-state index < -0.39 is 5.97 Å². The van der Waals surface area contributed by atoms with Crippen molar-refractivity contribution in [2.45, 2.75) is 0 Å². The average molecular weight is 348 g/mol. The van der Waals surface area contributed by atoms with Crippen LogP contribution in [0.25, 0.3) is 22.0 Å². The van der Waals surface area contributed by atoms with E-state index >= 15 is 0 Å². The Morgan fingerprint density at radius 1 is 1.14 bits per heavy atom. The Morgan fingerprint density at radius 2 is 1.81 bits per heavy atom. The lowest BCUT2D eigenvalue weighted by molar-refractivity contribution is 0.0594. The number of ether oxygens (including phenoxy) is 1. The molecule has 0 aliphatic rings. The number of carbonyl (C=O) groups is 1. The molecule has 0 spiro atoms. The van der Waals surface area contributed by atoms with Crippen molar-refractivity contribution in [2.75, 3.05) is 7.11 Å². The van der Waals surface area contributed by atoms with Gasteiger partial charge in [-0.1, -0.05) is 18.2 Å². The first-order valence-electron chi connectivity index (χ1n) is 6.25. The van der Waals surface area contributed by atoms with E-state index in [1.54, 1.807) is 12.1 Å². The first-order valence-corrected chi connectivity index (χ1v) is 7.05. The molecule has 106 valence electrons. The number of carbonyl (C=O) groups excluding carboxylic acids is 1. The number of aromatic amines is 1. The van der Waals surface area contributed by atoms with E-state index in [9.17, 15) is 9.18 Å². The van der Waals surface area contributed by atoms with Crippen molar-refractivity contribution in [3.63, 3.8) is 0 Å². The number of aromatic nitrogens is 1. The van der Waals surface area contributed by atoms with E-state index in [2.05, 4.69) is 20.9 Å². The van der Waals surface area contributed by atoms with Gasteiger partial charge in [0.2, 0.25) is 0 Å². The van der Waals surface area contributed by atoms with Crippen LogP contribution < -0.4 is 0 Å². The number of hydrogen-bond donors (Lipinski definition) is 1. The van der Waals surface area contributed by atoms with Crippen molar-refractivity contribution in [3.8, 4) is 11.1 Å². The maximum Gasteiger partial charge on any atom is 0.355 e. The van der Waals surface area contributed by atoms with Crippen LogP contribution in [0.15, 0.2) is 46.9 Å². The molecule has 3 nitrogen and oxygen atoms in total. The van der Waals surface area contributed by atoms with Crippen LogP contribution in [0.2, 0.25) is 0 Å². The van der Waals surface area contributed by atoms with Crippen molar-refractivity contribution >= 4 is 32.8 Å². The van der Waals surface area contributed by atoms with Gasteiger partial charge in [-0.05, 0) is 51.3 Å². The van der Waals surface area contributed by atoms with E-state index in [0.29, 0.717) is 10.2 Å². The first-order chi connectivity index (χ1) is 10.1. The largest absolute Gasteiger partial charge is 0.464 e. The average Bonchev–Trinajstić information content (AvgIpc) is 2.84. The normalized spacial score (nSPS) is 10.8. The topological polar surface area (TPSA) is 42.1 Å². The fourth-order valence-corrected chi connectivity index (χ4v) is 2.81. The highest BCUT2D eigenvalue weighted by molar-refractivity contribution is 9.10. The molecule has 0 saturated heterocycles. The molecule has 0 aliphatic heterocycles. The molecule has 0 bridgehead atoms. The molecule has 0 aliphatic carbocycles. The highest BCUT2D eigenvalue weighted by atomic mass is 79.9. The van der Waals surface area contributed by atoms with Crippen LogP contribution in [0.5, 0.6) is 0 Å². The van der Waals surface area contributed by atoms with Gasteiger partial charge in [0.05, 0.1) is 11.6 Å². The summed E-state index contributed by atoms with van der Waals surface area (Å²) in [7, 11) is 1.34. The number of rotatable bonds is 2. The van der Waals surface area contributed by atoms with Crippen molar-refractivity contribution in [3.05, 3.63) is 58.4 Å². The molecule has 1 N–H and O–H groups in total. The van der Waals surface area contributed by atoms with Gasteiger partial charge in [-0.2, -0.15) is 0 Å². The van der Waals surface area contributed by atoms with Gasteiger partial charge in [0, 0.05) is 10.9 Å². The van der Waals surface area contributed by atoms with Crippen LogP contribution in [0.4, 0.5) is 4.39 Å². The number of benzene rings is 2. The van der Waals surface area contributed by atoms with Gasteiger partial charge in [0.1, 0.15) is 11.5 Å². The molecule has 21 heavy (non-hydrogen) atoms. The Hall–Kier alpha value is -2.14. The summed E-state index contributed by atoms with van der Waals surface area (Å²) in [6.45, 7) is 0. The van der Waals surface area contributed by atoms with Gasteiger partial charge < -0.3 is 9.72 Å². The molecule has 0 unspecified atom stereocenters. The van der Waals surface area contributed by atoms with Crippen molar-refractivity contribution < 1.29 is 13.9 Å². The molecule has 0 atom stereocenters. The summed E-state index contributed by atoms with van der Waals surface area (Å²) < 4.78 is 18.4. The molecule has 3 rings (SSSR count). The third kappa shape index (κ3) is 2.45. The van der Waals surface area contributed by atoms with E-state index in [0.717, 1.165) is 22.0 Å². The molecule has 0 radical (unpaired) electrons. The molecule has 3 aromatic rings. The number of halogens is 2. The number of hydrogen-bond acceptors (Lipinski definition) is 2. The third-order valence-electron chi connectivity index (χ3n) is 3.30. The SMILES string of the molecule is COC(=O)c1[nH]c2ccc(-c3ccc(F)cc3)cc2c1Br. The zero-order chi connectivity index (χ0) is 15.0. The van der Waals surface area contributed by atoms with E-state index in [1.165, 1.54) is 19.2 Å². The summed E-state index contributed by atoms with van der Waals surface area (Å²) in [5.74, 6) is -0.697. The lowest BCUT2D eigenvalue weighted by Gasteiger charge is -2.02. The minimum atomic E-state index is -0.429. The van der Waals surface area contributed by atoms with Gasteiger partial charge in [0.15, 0.2) is 0 Å². The Bertz CT molecular complexity index is 824. The molecular weight excluding hydrogens is 337 g/mol. The van der Waals surface area contributed by atoms with Crippen LogP contribution in [-0.2, 0) is 4.74 Å². The van der Waals surface area contributed by atoms with Crippen LogP contribution in [0, 0.1) is 5.82 Å². The molecule has 5 heteroatoms. The highest BCUT2D eigenvalue weighted by Crippen LogP contribution is 2.32. The quantitative estimate of drug-likeness (QED) is 0.692. The zero-order valence-electron chi connectivity index (χ0n) is 11.1. The summed E-state index contributed by atoms with van der Waals surface area (Å²) in [6, 6.07) is 12.0. The van der Waals surface area contributed by atoms with Crippen LogP contribution >= 0.6 is 15.9 Å². The smallest absolute Gasteiger partial charge is 0.355 e. The summed E-state index contributed by atoms with van der Waals surface area (Å²) in [6.07, 6.45) is 0. The highest BCUT2D eigenvalue weighted by Gasteiger charge is 2.16. The standard InChI is InChI=1S/C16H11BrFNO2/c1-21-16(20)15-14(17)12-8-10(4-7-13(12)19-15)9-2-5-11(18)6-3-9/h2-8,19H,1H3. The Kier molecular flexibility index (Phi) is 3.51.